The minimum Gasteiger partial charge on any atom is -0.313 e. The molecule has 0 aromatic heterocycles. The minimum atomic E-state index is 0.705. The van der Waals surface area contributed by atoms with Gasteiger partial charge in [-0.15, -0.1) is 0 Å². The summed E-state index contributed by atoms with van der Waals surface area (Å²) in [4.78, 5) is 10.1. The first-order valence-corrected chi connectivity index (χ1v) is 3.60. The van der Waals surface area contributed by atoms with E-state index in [4.69, 9.17) is 0 Å². The van der Waals surface area contributed by atoms with Crippen molar-refractivity contribution in [3.05, 3.63) is 0 Å². The number of aldehydes is 1. The molecule has 0 amide bonds. The maximum absolute atomic E-state index is 10.1. The van der Waals surface area contributed by atoms with Gasteiger partial charge in [-0.25, -0.2) is 0 Å². The predicted molar refractivity (Wildman–Crippen MR) is 34.1 cm³/mol. The maximum Gasteiger partial charge on any atom is 0.120 e. The monoisotopic (exact) mass is 125 g/mol. The standard InChI is InChI=1S/C7H11NO/c9-4-2-6-5-1-3-8-7(5)6/h4-8H,1-3H2. The number of fused-ring (bicyclic) bond motifs is 1. The number of hydrogen-bond donors (Lipinski definition) is 1. The first kappa shape index (κ1) is 5.42. The minimum absolute atomic E-state index is 0.705. The Bertz CT molecular complexity index is 125. The molecule has 2 fully saturated rings. The van der Waals surface area contributed by atoms with Crippen LogP contribution in [0.1, 0.15) is 12.8 Å². The molecular formula is C7H11NO. The van der Waals surface area contributed by atoms with Crippen LogP contribution in [0.5, 0.6) is 0 Å². The van der Waals surface area contributed by atoms with Gasteiger partial charge >= 0.3 is 0 Å². The van der Waals surface area contributed by atoms with Crippen molar-refractivity contribution in [2.24, 2.45) is 11.8 Å². The highest BCUT2D eigenvalue weighted by atomic mass is 16.1. The Kier molecular flexibility index (Phi) is 1.09. The summed E-state index contributed by atoms with van der Waals surface area (Å²) in [7, 11) is 0. The van der Waals surface area contributed by atoms with Gasteiger partial charge in [-0.05, 0) is 24.8 Å². The summed E-state index contributed by atoms with van der Waals surface area (Å²) in [6.45, 7) is 1.17. The Balaban J connectivity index is 1.87. The van der Waals surface area contributed by atoms with Crippen molar-refractivity contribution >= 4 is 6.29 Å². The fourth-order valence-corrected chi connectivity index (χ4v) is 1.99. The molecule has 1 aliphatic carbocycles. The zero-order chi connectivity index (χ0) is 6.27. The molecule has 3 unspecified atom stereocenters. The first-order chi connectivity index (χ1) is 4.43. The highest BCUT2D eigenvalue weighted by Gasteiger charge is 2.51. The lowest BCUT2D eigenvalue weighted by Gasteiger charge is -1.96. The first-order valence-electron chi connectivity index (χ1n) is 3.60. The molecule has 2 rings (SSSR count). The second-order valence-electron chi connectivity index (χ2n) is 3.00. The Hall–Kier alpha value is -0.370. The van der Waals surface area contributed by atoms with Crippen molar-refractivity contribution in [2.75, 3.05) is 6.54 Å². The van der Waals surface area contributed by atoms with E-state index in [1.165, 1.54) is 13.0 Å². The Labute approximate surface area is 54.6 Å². The molecule has 1 saturated carbocycles. The summed E-state index contributed by atoms with van der Waals surface area (Å²) in [5, 5.41) is 3.37. The van der Waals surface area contributed by atoms with Gasteiger partial charge in [0.2, 0.25) is 0 Å². The van der Waals surface area contributed by atoms with Gasteiger partial charge in [-0.1, -0.05) is 0 Å². The van der Waals surface area contributed by atoms with Crippen molar-refractivity contribution in [2.45, 2.75) is 18.9 Å². The van der Waals surface area contributed by atoms with E-state index in [2.05, 4.69) is 5.32 Å². The molecule has 9 heavy (non-hydrogen) atoms. The third-order valence-corrected chi connectivity index (χ3v) is 2.56. The molecule has 2 aliphatic rings. The van der Waals surface area contributed by atoms with Crippen LogP contribution >= 0.6 is 0 Å². The molecule has 1 heterocycles. The van der Waals surface area contributed by atoms with Crippen molar-refractivity contribution in [3.8, 4) is 0 Å². The topological polar surface area (TPSA) is 29.1 Å². The summed E-state index contributed by atoms with van der Waals surface area (Å²) < 4.78 is 0. The maximum atomic E-state index is 10.1. The van der Waals surface area contributed by atoms with Crippen LogP contribution in [-0.4, -0.2) is 18.9 Å². The number of rotatable bonds is 2. The van der Waals surface area contributed by atoms with Crippen molar-refractivity contribution in [1.29, 1.82) is 0 Å². The second kappa shape index (κ2) is 1.81. The summed E-state index contributed by atoms with van der Waals surface area (Å²) in [5.74, 6) is 1.56. The fourth-order valence-electron chi connectivity index (χ4n) is 1.99. The zero-order valence-corrected chi connectivity index (χ0v) is 5.34. The molecule has 0 aromatic rings. The molecule has 2 heteroatoms. The van der Waals surface area contributed by atoms with E-state index >= 15 is 0 Å². The highest BCUT2D eigenvalue weighted by molar-refractivity contribution is 5.51. The molecular weight excluding hydrogens is 114 g/mol. The molecule has 0 bridgehead atoms. The van der Waals surface area contributed by atoms with Gasteiger partial charge in [0.25, 0.3) is 0 Å². The Morgan fingerprint density at radius 1 is 1.67 bits per heavy atom. The van der Waals surface area contributed by atoms with Crippen LogP contribution in [0.25, 0.3) is 0 Å². The molecule has 50 valence electrons. The molecule has 1 saturated heterocycles. The van der Waals surface area contributed by atoms with Gasteiger partial charge in [0.1, 0.15) is 6.29 Å². The molecule has 2 nitrogen and oxygen atoms in total. The third kappa shape index (κ3) is 0.697. The van der Waals surface area contributed by atoms with Crippen LogP contribution < -0.4 is 5.32 Å². The number of hydrogen-bond acceptors (Lipinski definition) is 2. The van der Waals surface area contributed by atoms with Crippen LogP contribution in [0.2, 0.25) is 0 Å². The Morgan fingerprint density at radius 3 is 3.11 bits per heavy atom. The van der Waals surface area contributed by atoms with Gasteiger partial charge in [-0.2, -0.15) is 0 Å². The van der Waals surface area contributed by atoms with Crippen LogP contribution in [0.15, 0.2) is 0 Å². The lowest BCUT2D eigenvalue weighted by atomic mass is 10.2. The van der Waals surface area contributed by atoms with Crippen LogP contribution in [-0.2, 0) is 4.79 Å². The smallest absolute Gasteiger partial charge is 0.120 e. The van der Waals surface area contributed by atoms with Crippen molar-refractivity contribution in [1.82, 2.24) is 5.32 Å². The quantitative estimate of drug-likeness (QED) is 0.533. The van der Waals surface area contributed by atoms with Gasteiger partial charge in [0.05, 0.1) is 0 Å². The summed E-state index contributed by atoms with van der Waals surface area (Å²) in [6, 6.07) is 0.718. The van der Waals surface area contributed by atoms with E-state index in [0.717, 1.165) is 24.7 Å². The summed E-state index contributed by atoms with van der Waals surface area (Å²) in [5.41, 5.74) is 0. The average molecular weight is 125 g/mol. The van der Waals surface area contributed by atoms with Crippen LogP contribution in [0.3, 0.4) is 0 Å². The van der Waals surface area contributed by atoms with Crippen LogP contribution in [0, 0.1) is 11.8 Å². The number of nitrogens with one attached hydrogen (secondary N) is 1. The van der Waals surface area contributed by atoms with Crippen molar-refractivity contribution in [3.63, 3.8) is 0 Å². The molecule has 1 aliphatic heterocycles. The fraction of sp³-hybridized carbons (Fsp3) is 0.857. The number of carbonyl (C=O) groups is 1. The van der Waals surface area contributed by atoms with E-state index in [1.807, 2.05) is 0 Å². The number of piperidine rings is 1. The lowest BCUT2D eigenvalue weighted by Crippen LogP contribution is -2.15. The van der Waals surface area contributed by atoms with Gasteiger partial charge < -0.3 is 10.1 Å². The van der Waals surface area contributed by atoms with E-state index in [-0.39, 0.29) is 0 Å². The average Bonchev–Trinajstić information content (AvgIpc) is 2.39. The van der Waals surface area contributed by atoms with Crippen molar-refractivity contribution < 1.29 is 4.79 Å². The normalized spacial score (nSPS) is 46.4. The molecule has 3 atom stereocenters. The summed E-state index contributed by atoms with van der Waals surface area (Å²) >= 11 is 0. The molecule has 0 radical (unpaired) electrons. The molecule has 0 aromatic carbocycles. The van der Waals surface area contributed by atoms with Gasteiger partial charge in [0, 0.05) is 12.5 Å². The van der Waals surface area contributed by atoms with E-state index in [1.54, 1.807) is 0 Å². The van der Waals surface area contributed by atoms with Gasteiger partial charge in [0.15, 0.2) is 0 Å². The second-order valence-corrected chi connectivity index (χ2v) is 3.00. The zero-order valence-electron chi connectivity index (χ0n) is 5.34. The molecule has 0 spiro atoms. The summed E-state index contributed by atoms with van der Waals surface area (Å²) in [6.07, 6.45) is 3.12. The SMILES string of the molecule is O=CCC1C2CCNC12. The number of carbonyl (C=O) groups excluding carboxylic acids is 1. The van der Waals surface area contributed by atoms with Crippen LogP contribution in [0.4, 0.5) is 0 Å². The molecule has 1 N–H and O–H groups in total. The lowest BCUT2D eigenvalue weighted by molar-refractivity contribution is -0.108. The van der Waals surface area contributed by atoms with E-state index in [9.17, 15) is 4.79 Å². The Morgan fingerprint density at radius 2 is 2.56 bits per heavy atom. The van der Waals surface area contributed by atoms with Gasteiger partial charge in [-0.3, -0.25) is 0 Å². The van der Waals surface area contributed by atoms with E-state index < -0.39 is 0 Å². The highest BCUT2D eigenvalue weighted by Crippen LogP contribution is 2.46. The predicted octanol–water partition coefficient (Wildman–Crippen LogP) is 0.183. The van der Waals surface area contributed by atoms with E-state index in [0.29, 0.717) is 5.92 Å². The largest absolute Gasteiger partial charge is 0.313 e. The third-order valence-electron chi connectivity index (χ3n) is 2.56.